The lowest BCUT2D eigenvalue weighted by molar-refractivity contribution is -0.129. The van der Waals surface area contributed by atoms with Crippen molar-refractivity contribution in [1.29, 1.82) is 0 Å². The number of urea groups is 1. The van der Waals surface area contributed by atoms with Crippen LogP contribution < -0.4 is 5.32 Å². The molecule has 0 aliphatic carbocycles. The normalized spacial score (nSPS) is 15.7. The van der Waals surface area contributed by atoms with E-state index in [2.05, 4.69) is 41.5 Å². The summed E-state index contributed by atoms with van der Waals surface area (Å²) in [5.74, 6) is -0.0548. The van der Waals surface area contributed by atoms with Crippen molar-refractivity contribution in [2.75, 3.05) is 32.0 Å². The third kappa shape index (κ3) is 3.85. The largest absolute Gasteiger partial charge is 0.344 e. The first kappa shape index (κ1) is 18.3. The molecule has 1 N–H and O–H groups in total. The average Bonchev–Trinajstić information content (AvgIpc) is 3.03. The summed E-state index contributed by atoms with van der Waals surface area (Å²) < 4.78 is 0. The number of benzene rings is 1. The first-order valence-corrected chi connectivity index (χ1v) is 9.39. The predicted octanol–water partition coefficient (Wildman–Crippen LogP) is 2.56. The van der Waals surface area contributed by atoms with Crippen LogP contribution in [0, 0.1) is 0 Å². The highest BCUT2D eigenvalue weighted by Crippen LogP contribution is 2.34. The minimum absolute atomic E-state index is 0.0548. The van der Waals surface area contributed by atoms with E-state index in [1.165, 1.54) is 16.2 Å². The number of aromatic nitrogens is 2. The number of hydrogen-bond donors (Lipinski definition) is 1. The molecule has 8 heteroatoms. The zero-order chi connectivity index (χ0) is 18.7. The molecule has 0 saturated carbocycles. The average molecular weight is 373 g/mol. The summed E-state index contributed by atoms with van der Waals surface area (Å²) >= 11 is 1.36. The first-order valence-electron chi connectivity index (χ1n) is 8.57. The van der Waals surface area contributed by atoms with Crippen LogP contribution >= 0.6 is 11.3 Å². The van der Waals surface area contributed by atoms with E-state index >= 15 is 0 Å². The third-order valence-corrected chi connectivity index (χ3v) is 5.79. The van der Waals surface area contributed by atoms with E-state index in [-0.39, 0.29) is 23.9 Å². The standard InChI is InChI=1S/C18H23N5O2S/c1-18(2,13-8-5-4-6-9-13)15-20-21-16(26-15)19-17(25)23-11-7-10-22(3)14(24)12-23/h4-6,8-9H,7,10-12H2,1-3H3,(H,19,21,25). The molecule has 0 unspecified atom stereocenters. The monoisotopic (exact) mass is 373 g/mol. The van der Waals surface area contributed by atoms with Gasteiger partial charge in [0.1, 0.15) is 11.6 Å². The fourth-order valence-corrected chi connectivity index (χ4v) is 3.69. The number of nitrogens with zero attached hydrogens (tertiary/aromatic N) is 4. The van der Waals surface area contributed by atoms with Gasteiger partial charge in [0.05, 0.1) is 0 Å². The van der Waals surface area contributed by atoms with Crippen LogP contribution in [0.1, 0.15) is 30.8 Å². The summed E-state index contributed by atoms with van der Waals surface area (Å²) in [6, 6.07) is 9.76. The smallest absolute Gasteiger partial charge is 0.324 e. The van der Waals surface area contributed by atoms with Gasteiger partial charge >= 0.3 is 6.03 Å². The van der Waals surface area contributed by atoms with Crippen LogP contribution in [-0.4, -0.2) is 58.6 Å². The molecule has 1 aromatic carbocycles. The van der Waals surface area contributed by atoms with Gasteiger partial charge in [-0.05, 0) is 25.8 Å². The fourth-order valence-electron chi connectivity index (χ4n) is 2.83. The molecule has 0 spiro atoms. The van der Waals surface area contributed by atoms with Gasteiger partial charge in [-0.25, -0.2) is 4.79 Å². The molecule has 1 aromatic heterocycles. The van der Waals surface area contributed by atoms with Gasteiger partial charge < -0.3 is 9.80 Å². The summed E-state index contributed by atoms with van der Waals surface area (Å²) in [5, 5.41) is 12.4. The third-order valence-electron chi connectivity index (χ3n) is 4.63. The second-order valence-electron chi connectivity index (χ2n) is 6.92. The summed E-state index contributed by atoms with van der Waals surface area (Å²) in [7, 11) is 1.76. The fraction of sp³-hybridized carbons (Fsp3) is 0.444. The minimum Gasteiger partial charge on any atom is -0.344 e. The topological polar surface area (TPSA) is 78.4 Å². The van der Waals surface area contributed by atoms with E-state index < -0.39 is 0 Å². The molecule has 0 atom stereocenters. The van der Waals surface area contributed by atoms with E-state index in [0.29, 0.717) is 18.2 Å². The maximum Gasteiger partial charge on any atom is 0.324 e. The van der Waals surface area contributed by atoms with Crippen LogP contribution in [0.5, 0.6) is 0 Å². The number of rotatable bonds is 3. The number of likely N-dealkylation sites (N-methyl/N-ethyl adjacent to an activating group) is 1. The lowest BCUT2D eigenvalue weighted by Crippen LogP contribution is -2.40. The zero-order valence-corrected chi connectivity index (χ0v) is 16.0. The van der Waals surface area contributed by atoms with Crippen molar-refractivity contribution >= 4 is 28.4 Å². The molecule has 2 aromatic rings. The Morgan fingerprint density at radius 2 is 1.92 bits per heavy atom. The number of carbonyl (C=O) groups is 2. The molecule has 0 radical (unpaired) electrons. The summed E-state index contributed by atoms with van der Waals surface area (Å²) in [4.78, 5) is 27.6. The Kier molecular flexibility index (Phi) is 5.22. The summed E-state index contributed by atoms with van der Waals surface area (Å²) in [6.07, 6.45) is 0.762. The van der Waals surface area contributed by atoms with Gasteiger partial charge in [-0.15, -0.1) is 10.2 Å². The number of carbonyl (C=O) groups excluding carboxylic acids is 2. The van der Waals surface area contributed by atoms with E-state index in [4.69, 9.17) is 0 Å². The van der Waals surface area contributed by atoms with Gasteiger partial charge in [0, 0.05) is 25.6 Å². The molecule has 1 aliphatic heterocycles. The van der Waals surface area contributed by atoms with Gasteiger partial charge in [-0.1, -0.05) is 41.7 Å². The summed E-state index contributed by atoms with van der Waals surface area (Å²) in [6.45, 7) is 5.46. The molecule has 7 nitrogen and oxygen atoms in total. The van der Waals surface area contributed by atoms with Gasteiger partial charge in [-0.2, -0.15) is 0 Å². The highest BCUT2D eigenvalue weighted by Gasteiger charge is 2.28. The molecule has 2 heterocycles. The lowest BCUT2D eigenvalue weighted by atomic mass is 9.85. The van der Waals surface area contributed by atoms with Crippen molar-refractivity contribution in [1.82, 2.24) is 20.0 Å². The number of amides is 3. The molecule has 3 rings (SSSR count). The van der Waals surface area contributed by atoms with Crippen LogP contribution in [0.2, 0.25) is 0 Å². The SMILES string of the molecule is CN1CCCN(C(=O)Nc2nnc(C(C)(C)c3ccccc3)s2)CC1=O. The van der Waals surface area contributed by atoms with Crippen molar-refractivity contribution < 1.29 is 9.59 Å². The molecule has 0 bridgehead atoms. The first-order chi connectivity index (χ1) is 12.4. The van der Waals surface area contributed by atoms with Crippen LogP contribution in [0.3, 0.4) is 0 Å². The number of anilines is 1. The Morgan fingerprint density at radius 1 is 1.19 bits per heavy atom. The van der Waals surface area contributed by atoms with Gasteiger partial charge in [0.2, 0.25) is 11.0 Å². The maximum atomic E-state index is 12.5. The Labute approximate surface area is 157 Å². The van der Waals surface area contributed by atoms with E-state index in [1.807, 2.05) is 18.2 Å². The van der Waals surface area contributed by atoms with E-state index in [1.54, 1.807) is 11.9 Å². The Balaban J connectivity index is 1.70. The van der Waals surface area contributed by atoms with Crippen molar-refractivity contribution in [3.63, 3.8) is 0 Å². The second-order valence-corrected chi connectivity index (χ2v) is 7.90. The molecular weight excluding hydrogens is 350 g/mol. The number of hydrogen-bond acceptors (Lipinski definition) is 5. The molecule has 1 fully saturated rings. The van der Waals surface area contributed by atoms with E-state index in [0.717, 1.165) is 17.0 Å². The minimum atomic E-state index is -0.311. The molecule has 1 saturated heterocycles. The predicted molar refractivity (Wildman–Crippen MR) is 101 cm³/mol. The summed E-state index contributed by atoms with van der Waals surface area (Å²) in [5.41, 5.74) is 0.832. The van der Waals surface area contributed by atoms with Crippen molar-refractivity contribution in [2.24, 2.45) is 0 Å². The lowest BCUT2D eigenvalue weighted by Gasteiger charge is -2.21. The van der Waals surface area contributed by atoms with Crippen LogP contribution in [0.4, 0.5) is 9.93 Å². The highest BCUT2D eigenvalue weighted by atomic mass is 32.1. The van der Waals surface area contributed by atoms with Crippen molar-refractivity contribution in [2.45, 2.75) is 25.7 Å². The zero-order valence-electron chi connectivity index (χ0n) is 15.2. The molecule has 138 valence electrons. The molecular formula is C18H23N5O2S. The molecule has 26 heavy (non-hydrogen) atoms. The quantitative estimate of drug-likeness (QED) is 0.897. The molecule has 1 aliphatic rings. The van der Waals surface area contributed by atoms with Gasteiger partial charge in [0.25, 0.3) is 0 Å². The maximum absolute atomic E-state index is 12.5. The Hall–Kier alpha value is -2.48. The molecule has 3 amide bonds. The van der Waals surface area contributed by atoms with E-state index in [9.17, 15) is 9.59 Å². The highest BCUT2D eigenvalue weighted by molar-refractivity contribution is 7.15. The van der Waals surface area contributed by atoms with Crippen molar-refractivity contribution in [3.8, 4) is 0 Å². The Morgan fingerprint density at radius 3 is 2.65 bits per heavy atom. The van der Waals surface area contributed by atoms with Crippen molar-refractivity contribution in [3.05, 3.63) is 40.9 Å². The van der Waals surface area contributed by atoms with Crippen LogP contribution in [0.15, 0.2) is 30.3 Å². The van der Waals surface area contributed by atoms with Gasteiger partial charge in [-0.3, -0.25) is 10.1 Å². The van der Waals surface area contributed by atoms with Crippen LogP contribution in [0.25, 0.3) is 0 Å². The van der Waals surface area contributed by atoms with Gasteiger partial charge in [0.15, 0.2) is 0 Å². The second kappa shape index (κ2) is 7.41. The number of nitrogens with one attached hydrogen (secondary N) is 1. The Bertz CT molecular complexity index is 790. The van der Waals surface area contributed by atoms with Crippen LogP contribution in [-0.2, 0) is 10.2 Å².